The highest BCUT2D eigenvalue weighted by Crippen LogP contribution is 2.30. The molecule has 0 spiro atoms. The first-order valence-electron chi connectivity index (χ1n) is 4.91. The van der Waals surface area contributed by atoms with E-state index in [-0.39, 0.29) is 4.87 Å². The lowest BCUT2D eigenvalue weighted by molar-refractivity contribution is 0.490. The van der Waals surface area contributed by atoms with Gasteiger partial charge in [0.05, 0.1) is 4.87 Å². The van der Waals surface area contributed by atoms with Gasteiger partial charge in [0.2, 0.25) is 0 Å². The zero-order valence-electron chi connectivity index (χ0n) is 7.83. The fourth-order valence-electron chi connectivity index (χ4n) is 1.53. The second-order valence-electron chi connectivity index (χ2n) is 3.60. The van der Waals surface area contributed by atoms with Crippen LogP contribution in [0.15, 0.2) is 0 Å². The molecule has 0 saturated heterocycles. The van der Waals surface area contributed by atoms with Crippen molar-refractivity contribution in [1.29, 1.82) is 0 Å². The van der Waals surface area contributed by atoms with Gasteiger partial charge >= 0.3 is 0 Å². The van der Waals surface area contributed by atoms with Gasteiger partial charge in [0.15, 0.2) is 0 Å². The van der Waals surface area contributed by atoms with Crippen molar-refractivity contribution in [1.82, 2.24) is 0 Å². The van der Waals surface area contributed by atoms with E-state index in [0.717, 1.165) is 25.7 Å². The summed E-state index contributed by atoms with van der Waals surface area (Å²) in [4.78, 5) is -0.0165. The fraction of sp³-hybridized carbons (Fsp3) is 0.818. The first-order chi connectivity index (χ1) is 5.77. The van der Waals surface area contributed by atoms with E-state index < -0.39 is 0 Å². The fourth-order valence-corrected chi connectivity index (χ4v) is 1.73. The van der Waals surface area contributed by atoms with E-state index >= 15 is 0 Å². The molecule has 0 fully saturated rings. The van der Waals surface area contributed by atoms with Gasteiger partial charge in [0.1, 0.15) is 0 Å². The van der Waals surface area contributed by atoms with Gasteiger partial charge in [-0.15, -0.1) is 23.4 Å². The van der Waals surface area contributed by atoms with Crippen LogP contribution < -0.4 is 0 Å². The number of hydrogen-bond acceptors (Lipinski definition) is 0. The Labute approximate surface area is 80.7 Å². The van der Waals surface area contributed by atoms with Gasteiger partial charge in [0.25, 0.3) is 0 Å². The van der Waals surface area contributed by atoms with Crippen LogP contribution in [0.3, 0.4) is 0 Å². The smallest absolute Gasteiger partial charge is 0.0553 e. The molecular formula is C11H17Cl. The molecule has 0 nitrogen and oxygen atoms in total. The summed E-state index contributed by atoms with van der Waals surface area (Å²) in [5, 5.41) is 0. The molecule has 12 heavy (non-hydrogen) atoms. The van der Waals surface area contributed by atoms with Crippen LogP contribution in [0.5, 0.6) is 0 Å². The summed E-state index contributed by atoms with van der Waals surface area (Å²) >= 11 is 6.41. The average molecular weight is 185 g/mol. The molecule has 0 saturated carbocycles. The van der Waals surface area contributed by atoms with E-state index in [9.17, 15) is 0 Å². The van der Waals surface area contributed by atoms with Crippen LogP contribution in [-0.2, 0) is 0 Å². The third kappa shape index (κ3) is 3.07. The van der Waals surface area contributed by atoms with Crippen molar-refractivity contribution in [3.05, 3.63) is 0 Å². The summed E-state index contributed by atoms with van der Waals surface area (Å²) in [7, 11) is 0. The van der Waals surface area contributed by atoms with E-state index in [1.807, 2.05) is 0 Å². The molecule has 0 bridgehead atoms. The Morgan fingerprint density at radius 1 is 1.25 bits per heavy atom. The Hall–Kier alpha value is -0.150. The minimum Gasteiger partial charge on any atom is -0.118 e. The van der Waals surface area contributed by atoms with Gasteiger partial charge in [-0.3, -0.25) is 0 Å². The second kappa shape index (κ2) is 4.77. The molecule has 1 unspecified atom stereocenters. The van der Waals surface area contributed by atoms with Gasteiger partial charge in [-0.1, -0.05) is 19.8 Å². The second-order valence-corrected chi connectivity index (χ2v) is 4.40. The first-order valence-corrected chi connectivity index (χ1v) is 5.29. The standard InChI is InChI=1S/C11H17Cl/c1-2-11(12)9-7-5-3-4-6-8-10-11/h2-5,7,9-10H2,1H3. The first kappa shape index (κ1) is 9.93. The number of hydrogen-bond donors (Lipinski definition) is 0. The van der Waals surface area contributed by atoms with Gasteiger partial charge in [0, 0.05) is 12.8 Å². The van der Waals surface area contributed by atoms with Crippen LogP contribution in [0, 0.1) is 11.8 Å². The molecule has 0 aromatic heterocycles. The van der Waals surface area contributed by atoms with Crippen molar-refractivity contribution in [2.45, 2.75) is 56.7 Å². The minimum atomic E-state index is -0.0165. The van der Waals surface area contributed by atoms with Crippen molar-refractivity contribution >= 4 is 11.6 Å². The maximum absolute atomic E-state index is 6.41. The van der Waals surface area contributed by atoms with Crippen LogP contribution in [0.4, 0.5) is 0 Å². The average Bonchev–Trinajstić information content (AvgIpc) is 2.18. The summed E-state index contributed by atoms with van der Waals surface area (Å²) in [6.07, 6.45) is 7.94. The van der Waals surface area contributed by atoms with Crippen molar-refractivity contribution < 1.29 is 0 Å². The third-order valence-corrected chi connectivity index (χ3v) is 3.18. The van der Waals surface area contributed by atoms with E-state index in [0.29, 0.717) is 0 Å². The van der Waals surface area contributed by atoms with Gasteiger partial charge in [-0.05, 0) is 19.3 Å². The van der Waals surface area contributed by atoms with E-state index in [4.69, 9.17) is 11.6 Å². The lowest BCUT2D eigenvalue weighted by atomic mass is 9.95. The normalized spacial score (nSPS) is 30.8. The highest BCUT2D eigenvalue weighted by Gasteiger charge is 2.23. The van der Waals surface area contributed by atoms with Crippen molar-refractivity contribution in [2.75, 3.05) is 0 Å². The summed E-state index contributed by atoms with van der Waals surface area (Å²) in [5.74, 6) is 6.37. The summed E-state index contributed by atoms with van der Waals surface area (Å²) < 4.78 is 0. The zero-order chi connectivity index (χ0) is 8.86. The Morgan fingerprint density at radius 2 is 2.08 bits per heavy atom. The maximum Gasteiger partial charge on any atom is 0.0553 e. The number of halogens is 1. The van der Waals surface area contributed by atoms with E-state index in [1.165, 1.54) is 19.3 Å². The SMILES string of the molecule is CCC1(Cl)CC#CCCCCC1. The van der Waals surface area contributed by atoms with Gasteiger partial charge in [-0.2, -0.15) is 0 Å². The third-order valence-electron chi connectivity index (χ3n) is 2.59. The number of alkyl halides is 1. The number of rotatable bonds is 1. The molecule has 1 aliphatic carbocycles. The monoisotopic (exact) mass is 184 g/mol. The molecule has 1 rings (SSSR count). The summed E-state index contributed by atoms with van der Waals surface area (Å²) in [6.45, 7) is 2.16. The molecule has 1 aliphatic rings. The van der Waals surface area contributed by atoms with Crippen LogP contribution in [0.2, 0.25) is 0 Å². The maximum atomic E-state index is 6.41. The predicted molar refractivity (Wildman–Crippen MR) is 54.4 cm³/mol. The quantitative estimate of drug-likeness (QED) is 0.430. The lowest BCUT2D eigenvalue weighted by Crippen LogP contribution is -2.18. The van der Waals surface area contributed by atoms with Crippen molar-refractivity contribution in [3.63, 3.8) is 0 Å². The predicted octanol–water partition coefficient (Wildman–Crippen LogP) is 3.73. The van der Waals surface area contributed by atoms with Gasteiger partial charge in [-0.25, -0.2) is 0 Å². The molecule has 0 aromatic rings. The Bertz CT molecular complexity index is 187. The van der Waals surface area contributed by atoms with Gasteiger partial charge < -0.3 is 0 Å². The lowest BCUT2D eigenvalue weighted by Gasteiger charge is -2.22. The molecule has 1 heteroatoms. The molecular weight excluding hydrogens is 168 g/mol. The molecule has 68 valence electrons. The molecule has 0 radical (unpaired) electrons. The zero-order valence-corrected chi connectivity index (χ0v) is 8.58. The molecule has 0 aliphatic heterocycles. The largest absolute Gasteiger partial charge is 0.118 e. The summed E-state index contributed by atoms with van der Waals surface area (Å²) in [6, 6.07) is 0. The Morgan fingerprint density at radius 3 is 2.83 bits per heavy atom. The topological polar surface area (TPSA) is 0 Å². The van der Waals surface area contributed by atoms with Crippen LogP contribution >= 0.6 is 11.6 Å². The highest BCUT2D eigenvalue weighted by molar-refractivity contribution is 6.24. The Balaban J connectivity index is 2.53. The Kier molecular flexibility index (Phi) is 3.95. The highest BCUT2D eigenvalue weighted by atomic mass is 35.5. The molecule has 0 aromatic carbocycles. The van der Waals surface area contributed by atoms with E-state index in [2.05, 4.69) is 18.8 Å². The van der Waals surface area contributed by atoms with E-state index in [1.54, 1.807) is 0 Å². The van der Waals surface area contributed by atoms with Crippen molar-refractivity contribution in [2.24, 2.45) is 0 Å². The summed E-state index contributed by atoms with van der Waals surface area (Å²) in [5.41, 5.74) is 0. The molecule has 0 heterocycles. The molecule has 1 atom stereocenters. The van der Waals surface area contributed by atoms with Crippen LogP contribution in [0.25, 0.3) is 0 Å². The van der Waals surface area contributed by atoms with Crippen LogP contribution in [-0.4, -0.2) is 4.87 Å². The van der Waals surface area contributed by atoms with Crippen molar-refractivity contribution in [3.8, 4) is 11.8 Å². The molecule has 0 amide bonds. The molecule has 0 N–H and O–H groups in total. The minimum absolute atomic E-state index is 0.0165. The van der Waals surface area contributed by atoms with Crippen LogP contribution in [0.1, 0.15) is 51.9 Å².